The summed E-state index contributed by atoms with van der Waals surface area (Å²) in [5.74, 6) is -1.84. The first-order valence-corrected chi connectivity index (χ1v) is 15.7. The van der Waals surface area contributed by atoms with Crippen LogP contribution in [0.25, 0.3) is 0 Å². The molecule has 0 spiro atoms. The van der Waals surface area contributed by atoms with Gasteiger partial charge in [0.25, 0.3) is 5.91 Å². The number of aliphatic hydroxyl groups is 1. The largest absolute Gasteiger partial charge is 0.390 e. The van der Waals surface area contributed by atoms with Crippen LogP contribution in [0.5, 0.6) is 0 Å². The number of benzene rings is 2. The van der Waals surface area contributed by atoms with Crippen LogP contribution in [0.2, 0.25) is 10.0 Å². The molecule has 0 radical (unpaired) electrons. The maximum absolute atomic E-state index is 14.2. The molecule has 0 bridgehead atoms. The van der Waals surface area contributed by atoms with Crippen molar-refractivity contribution < 1.29 is 19.5 Å². The third kappa shape index (κ3) is 6.76. The fourth-order valence-electron chi connectivity index (χ4n) is 6.64. The topological polar surface area (TPSA) is 129 Å². The van der Waals surface area contributed by atoms with E-state index < -0.39 is 17.9 Å². The predicted octanol–water partition coefficient (Wildman–Crippen LogP) is 4.32. The number of halogens is 2. The Balaban J connectivity index is 0.000000418. The molecule has 1 saturated carbocycles. The zero-order valence-electron chi connectivity index (χ0n) is 24.4. The summed E-state index contributed by atoms with van der Waals surface area (Å²) in [5, 5.41) is 12.6. The minimum Gasteiger partial charge on any atom is -0.390 e. The van der Waals surface area contributed by atoms with Gasteiger partial charge in [-0.2, -0.15) is 0 Å². The zero-order chi connectivity index (χ0) is 31.2. The summed E-state index contributed by atoms with van der Waals surface area (Å²) in [6.07, 6.45) is 4.84. The molecule has 1 aromatic heterocycles. The summed E-state index contributed by atoms with van der Waals surface area (Å²) in [7, 11) is 0. The first-order valence-electron chi connectivity index (χ1n) is 15.0. The lowest BCUT2D eigenvalue weighted by Gasteiger charge is -2.49. The lowest BCUT2D eigenvalue weighted by molar-refractivity contribution is -0.140. The normalized spacial score (nSPS) is 23.3. The second-order valence-electron chi connectivity index (χ2n) is 11.3. The Kier molecular flexibility index (Phi) is 10.5. The van der Waals surface area contributed by atoms with Crippen molar-refractivity contribution in [1.82, 2.24) is 20.1 Å². The average molecular weight is 639 g/mol. The van der Waals surface area contributed by atoms with Crippen LogP contribution in [-0.2, 0) is 16.2 Å². The number of nitrogens with zero attached hydrogens (tertiary/aromatic N) is 3. The highest BCUT2D eigenvalue weighted by Gasteiger charge is 2.50. The number of piperazine rings is 1. The van der Waals surface area contributed by atoms with Crippen LogP contribution in [-0.4, -0.2) is 69.8 Å². The van der Waals surface area contributed by atoms with Gasteiger partial charge in [0.1, 0.15) is 0 Å². The minimum absolute atomic E-state index is 0.0286. The summed E-state index contributed by atoms with van der Waals surface area (Å²) in [4.78, 5) is 48.4. The maximum atomic E-state index is 14.2. The third-order valence-corrected chi connectivity index (χ3v) is 9.25. The number of primary amides is 1. The fourth-order valence-corrected chi connectivity index (χ4v) is 7.16. The van der Waals surface area contributed by atoms with Crippen molar-refractivity contribution in [2.75, 3.05) is 26.2 Å². The van der Waals surface area contributed by atoms with Crippen LogP contribution in [0.3, 0.4) is 0 Å². The molecule has 2 fully saturated rings. The molecule has 4 N–H and O–H groups in total. The van der Waals surface area contributed by atoms with Crippen LogP contribution in [0, 0.1) is 5.92 Å². The van der Waals surface area contributed by atoms with Crippen LogP contribution in [0.1, 0.15) is 64.8 Å². The second kappa shape index (κ2) is 14.5. The van der Waals surface area contributed by atoms with Crippen molar-refractivity contribution in [3.05, 3.63) is 99.3 Å². The Morgan fingerprint density at radius 3 is 2.36 bits per heavy atom. The van der Waals surface area contributed by atoms with Gasteiger partial charge >= 0.3 is 0 Å². The number of aliphatic hydroxyl groups excluding tert-OH is 1. The van der Waals surface area contributed by atoms with Crippen LogP contribution < -0.4 is 11.1 Å². The van der Waals surface area contributed by atoms with Crippen molar-refractivity contribution >= 4 is 40.9 Å². The molecule has 44 heavy (non-hydrogen) atoms. The van der Waals surface area contributed by atoms with E-state index in [1.165, 1.54) is 0 Å². The van der Waals surface area contributed by atoms with Gasteiger partial charge in [0.15, 0.2) is 0 Å². The molecule has 9 nitrogen and oxygen atoms in total. The van der Waals surface area contributed by atoms with Crippen LogP contribution in [0.4, 0.5) is 0 Å². The Morgan fingerprint density at radius 1 is 0.977 bits per heavy atom. The lowest BCUT2D eigenvalue weighted by atomic mass is 9.75. The number of carbonyl (C=O) groups is 3. The number of nitrogens with two attached hydrogens (primary N) is 1. The molecule has 3 heterocycles. The standard InChI is InChI=1S/C27H30Cl2N4O3.C6H7NO/c28-16-9-10-19(21(29)15-16)24-23(25(30)34)17-5-1-2-6-18(17)27(36)33(24)22-8-4-3-7-20(22)26(35)32-13-11-31-12-14-32;8-5-6-3-1-2-4-7-6/h1-2,5-6,9-10,15,20,22-24,31H,3-4,7-8,11-14H2,(H2,30,34);1-4,8H,5H2. The van der Waals surface area contributed by atoms with Crippen molar-refractivity contribution in [1.29, 1.82) is 0 Å². The van der Waals surface area contributed by atoms with Crippen molar-refractivity contribution in [3.8, 4) is 0 Å². The van der Waals surface area contributed by atoms with E-state index in [0.717, 1.165) is 25.9 Å². The average Bonchev–Trinajstić information content (AvgIpc) is 3.05. The first kappa shape index (κ1) is 31.9. The van der Waals surface area contributed by atoms with Gasteiger partial charge in [-0.3, -0.25) is 19.4 Å². The quantitative estimate of drug-likeness (QED) is 0.382. The summed E-state index contributed by atoms with van der Waals surface area (Å²) < 4.78 is 0. The first-order chi connectivity index (χ1) is 21.3. The third-order valence-electron chi connectivity index (χ3n) is 8.68. The molecule has 11 heteroatoms. The van der Waals surface area contributed by atoms with Gasteiger partial charge in [-0.1, -0.05) is 66.4 Å². The van der Waals surface area contributed by atoms with Gasteiger partial charge in [0.2, 0.25) is 11.8 Å². The Labute approximate surface area is 267 Å². The molecule has 3 aliphatic rings. The van der Waals surface area contributed by atoms with E-state index in [4.69, 9.17) is 34.0 Å². The Bertz CT molecular complexity index is 1480. The number of fused-ring (bicyclic) bond motifs is 1. The van der Waals surface area contributed by atoms with Gasteiger partial charge in [-0.15, -0.1) is 0 Å². The van der Waals surface area contributed by atoms with Crippen LogP contribution >= 0.6 is 23.2 Å². The molecule has 3 amide bonds. The molecule has 4 atom stereocenters. The fraction of sp³-hybridized carbons (Fsp3) is 0.394. The van der Waals surface area contributed by atoms with Crippen molar-refractivity contribution in [2.45, 2.75) is 50.3 Å². The molecule has 2 aromatic carbocycles. The number of rotatable bonds is 5. The SMILES string of the molecule is NC(=O)C1c2ccccc2C(=O)N(C2CCCCC2C(=O)N2CCNCC2)C1c1ccc(Cl)cc1Cl.OCc1ccccn1. The van der Waals surface area contributed by atoms with Crippen LogP contribution in [0.15, 0.2) is 66.9 Å². The van der Waals surface area contributed by atoms with Gasteiger partial charge in [-0.05, 0) is 54.3 Å². The minimum atomic E-state index is -0.811. The predicted molar refractivity (Wildman–Crippen MR) is 169 cm³/mol. The Morgan fingerprint density at radius 2 is 1.70 bits per heavy atom. The van der Waals surface area contributed by atoms with Crippen molar-refractivity contribution in [2.24, 2.45) is 11.7 Å². The van der Waals surface area contributed by atoms with Gasteiger partial charge < -0.3 is 26.0 Å². The summed E-state index contributed by atoms with van der Waals surface area (Å²) in [6, 6.07) is 16.5. The monoisotopic (exact) mass is 637 g/mol. The molecule has 1 aliphatic carbocycles. The summed E-state index contributed by atoms with van der Waals surface area (Å²) in [5.41, 5.74) is 8.36. The highest BCUT2D eigenvalue weighted by Crippen LogP contribution is 2.48. The zero-order valence-corrected chi connectivity index (χ0v) is 25.9. The Hall–Kier alpha value is -3.50. The number of hydrogen-bond donors (Lipinski definition) is 3. The highest BCUT2D eigenvalue weighted by atomic mass is 35.5. The number of nitrogens with one attached hydrogen (secondary N) is 1. The molecular formula is C33H37Cl2N5O4. The van der Waals surface area contributed by atoms with E-state index in [9.17, 15) is 14.4 Å². The highest BCUT2D eigenvalue weighted by molar-refractivity contribution is 6.35. The number of carbonyl (C=O) groups excluding carboxylic acids is 3. The van der Waals surface area contributed by atoms with E-state index >= 15 is 0 Å². The van der Waals surface area contributed by atoms with E-state index in [1.54, 1.807) is 59.6 Å². The number of pyridine rings is 1. The van der Waals surface area contributed by atoms with E-state index in [2.05, 4.69) is 10.3 Å². The van der Waals surface area contributed by atoms with Gasteiger partial charge in [-0.25, -0.2) is 0 Å². The van der Waals surface area contributed by atoms with E-state index in [0.29, 0.717) is 58.4 Å². The molecule has 4 unspecified atom stereocenters. The van der Waals surface area contributed by atoms with Crippen molar-refractivity contribution in [3.63, 3.8) is 0 Å². The summed E-state index contributed by atoms with van der Waals surface area (Å²) in [6.45, 7) is 2.84. The number of hydrogen-bond acceptors (Lipinski definition) is 6. The second-order valence-corrected chi connectivity index (χ2v) is 12.1. The molecule has 2 aliphatic heterocycles. The lowest BCUT2D eigenvalue weighted by Crippen LogP contribution is -2.58. The van der Waals surface area contributed by atoms with Gasteiger partial charge in [0, 0.05) is 54.0 Å². The van der Waals surface area contributed by atoms with E-state index in [-0.39, 0.29) is 30.4 Å². The van der Waals surface area contributed by atoms with E-state index in [1.807, 2.05) is 17.0 Å². The number of amides is 3. The number of aromatic nitrogens is 1. The molecule has 1 saturated heterocycles. The smallest absolute Gasteiger partial charge is 0.254 e. The molecule has 3 aromatic rings. The van der Waals surface area contributed by atoms with Gasteiger partial charge in [0.05, 0.1) is 30.2 Å². The molecule has 6 rings (SSSR count). The summed E-state index contributed by atoms with van der Waals surface area (Å²) >= 11 is 12.9. The molecular weight excluding hydrogens is 601 g/mol. The maximum Gasteiger partial charge on any atom is 0.254 e. The molecule has 232 valence electrons.